The number of hydrogen-bond donors (Lipinski definition) is 0. The van der Waals surface area contributed by atoms with Gasteiger partial charge in [-0.15, -0.1) is 10.2 Å². The molecule has 4 heteroatoms. The second-order valence-electron chi connectivity index (χ2n) is 9.55. The second kappa shape index (κ2) is 13.5. The van der Waals surface area contributed by atoms with Gasteiger partial charge in [-0.25, -0.2) is 4.39 Å². The zero-order chi connectivity index (χ0) is 22.6. The van der Waals surface area contributed by atoms with Gasteiger partial charge >= 0.3 is 0 Å². The lowest BCUT2D eigenvalue weighted by Crippen LogP contribution is -2.15. The van der Waals surface area contributed by atoms with Crippen molar-refractivity contribution in [2.75, 3.05) is 6.61 Å². The number of nitrogens with zero attached hydrogens (tertiary/aromatic N) is 2. The van der Waals surface area contributed by atoms with Crippen LogP contribution in [0, 0.1) is 17.7 Å². The zero-order valence-electron chi connectivity index (χ0n) is 20.1. The van der Waals surface area contributed by atoms with E-state index in [1.54, 1.807) is 18.2 Å². The molecule has 1 aromatic carbocycles. The van der Waals surface area contributed by atoms with Crippen molar-refractivity contribution in [3.05, 3.63) is 41.7 Å². The van der Waals surface area contributed by atoms with Crippen molar-refractivity contribution in [1.82, 2.24) is 10.2 Å². The molecule has 2 aromatic rings. The van der Waals surface area contributed by atoms with Crippen molar-refractivity contribution in [2.24, 2.45) is 11.8 Å². The van der Waals surface area contributed by atoms with Crippen molar-refractivity contribution < 1.29 is 9.13 Å². The number of halogens is 1. The fourth-order valence-corrected chi connectivity index (χ4v) is 4.82. The van der Waals surface area contributed by atoms with E-state index in [0.29, 0.717) is 23.7 Å². The summed E-state index contributed by atoms with van der Waals surface area (Å²) >= 11 is 0. The van der Waals surface area contributed by atoms with Crippen LogP contribution in [0.5, 0.6) is 5.88 Å². The summed E-state index contributed by atoms with van der Waals surface area (Å²) in [6, 6.07) is 9.13. The summed E-state index contributed by atoms with van der Waals surface area (Å²) < 4.78 is 20.3. The van der Waals surface area contributed by atoms with E-state index in [0.717, 1.165) is 36.7 Å². The average Bonchev–Trinajstić information content (AvgIpc) is 2.82. The quantitative estimate of drug-likeness (QED) is 0.295. The molecule has 3 nitrogen and oxygen atoms in total. The molecule has 0 unspecified atom stereocenters. The molecule has 1 aliphatic rings. The molecule has 176 valence electrons. The second-order valence-corrected chi connectivity index (χ2v) is 9.55. The lowest BCUT2D eigenvalue weighted by Gasteiger charge is -2.28. The monoisotopic (exact) mass is 440 g/mol. The zero-order valence-corrected chi connectivity index (χ0v) is 20.1. The van der Waals surface area contributed by atoms with Gasteiger partial charge in [-0.3, -0.25) is 0 Å². The Hall–Kier alpha value is -1.97. The SMILES string of the molecule is CCCCCCC1CCC(CCc2ccc(-c3ccc(OCCCC)nn3)c(F)c2)CC1. The molecule has 0 aliphatic heterocycles. The maximum Gasteiger partial charge on any atom is 0.233 e. The van der Waals surface area contributed by atoms with Gasteiger partial charge < -0.3 is 4.74 Å². The Morgan fingerprint density at radius 2 is 1.59 bits per heavy atom. The predicted octanol–water partition coefficient (Wildman–Crippen LogP) is 8.17. The van der Waals surface area contributed by atoms with E-state index >= 15 is 0 Å². The summed E-state index contributed by atoms with van der Waals surface area (Å²) in [5, 5.41) is 8.24. The molecule has 0 radical (unpaired) electrons. The third kappa shape index (κ3) is 7.86. The molecule has 1 saturated carbocycles. The average molecular weight is 441 g/mol. The number of hydrogen-bond acceptors (Lipinski definition) is 3. The van der Waals surface area contributed by atoms with Gasteiger partial charge in [0.2, 0.25) is 5.88 Å². The molecule has 32 heavy (non-hydrogen) atoms. The van der Waals surface area contributed by atoms with Crippen molar-refractivity contribution in [3.8, 4) is 17.1 Å². The molecule has 1 heterocycles. The molecule has 1 aromatic heterocycles. The van der Waals surface area contributed by atoms with Crippen LogP contribution in [0.15, 0.2) is 30.3 Å². The van der Waals surface area contributed by atoms with Crippen molar-refractivity contribution in [1.29, 1.82) is 0 Å². The van der Waals surface area contributed by atoms with Crippen molar-refractivity contribution in [2.45, 2.75) is 97.3 Å². The first-order valence-corrected chi connectivity index (χ1v) is 12.9. The lowest BCUT2D eigenvalue weighted by molar-refractivity contribution is 0.249. The van der Waals surface area contributed by atoms with Gasteiger partial charge in [0.05, 0.1) is 12.3 Å². The van der Waals surface area contributed by atoms with E-state index in [1.807, 2.05) is 12.1 Å². The number of ether oxygens (including phenoxy) is 1. The first-order valence-electron chi connectivity index (χ1n) is 12.9. The van der Waals surface area contributed by atoms with E-state index in [1.165, 1.54) is 64.2 Å². The minimum Gasteiger partial charge on any atom is -0.477 e. The highest BCUT2D eigenvalue weighted by Gasteiger charge is 2.21. The first-order chi connectivity index (χ1) is 15.7. The molecule has 0 N–H and O–H groups in total. The molecular formula is C28H41FN2O. The van der Waals surface area contributed by atoms with E-state index in [9.17, 15) is 4.39 Å². The maximum absolute atomic E-state index is 14.8. The van der Waals surface area contributed by atoms with E-state index < -0.39 is 0 Å². The van der Waals surface area contributed by atoms with Crippen LogP contribution in [0.3, 0.4) is 0 Å². The number of aryl methyl sites for hydroxylation is 1. The van der Waals surface area contributed by atoms with Crippen molar-refractivity contribution >= 4 is 0 Å². The smallest absolute Gasteiger partial charge is 0.233 e. The van der Waals surface area contributed by atoms with Gasteiger partial charge in [-0.1, -0.05) is 84.1 Å². The predicted molar refractivity (Wildman–Crippen MR) is 130 cm³/mol. The summed E-state index contributed by atoms with van der Waals surface area (Å²) in [5.74, 6) is 2.03. The molecule has 0 bridgehead atoms. The Labute approximate surface area is 194 Å². The molecule has 0 spiro atoms. The van der Waals surface area contributed by atoms with E-state index in [4.69, 9.17) is 4.74 Å². The Bertz CT molecular complexity index is 785. The Kier molecular flexibility index (Phi) is 10.4. The lowest BCUT2D eigenvalue weighted by atomic mass is 9.77. The summed E-state index contributed by atoms with van der Waals surface area (Å²) in [5.41, 5.74) is 2.14. The molecular weight excluding hydrogens is 399 g/mol. The van der Waals surface area contributed by atoms with Crippen LogP contribution in [0.4, 0.5) is 4.39 Å². The molecule has 0 amide bonds. The largest absolute Gasteiger partial charge is 0.477 e. The number of aromatic nitrogens is 2. The number of rotatable bonds is 13. The Morgan fingerprint density at radius 3 is 2.25 bits per heavy atom. The van der Waals surface area contributed by atoms with E-state index in [-0.39, 0.29) is 5.82 Å². The van der Waals surface area contributed by atoms with Crippen LogP contribution in [0.2, 0.25) is 0 Å². The normalized spacial score (nSPS) is 18.6. The van der Waals surface area contributed by atoms with Gasteiger partial charge in [0, 0.05) is 11.6 Å². The molecule has 3 rings (SSSR count). The number of benzene rings is 1. The van der Waals surface area contributed by atoms with Crippen LogP contribution in [-0.2, 0) is 6.42 Å². The first kappa shape index (κ1) is 24.7. The third-order valence-electron chi connectivity index (χ3n) is 6.97. The van der Waals surface area contributed by atoms with Crippen LogP contribution >= 0.6 is 0 Å². The summed E-state index contributed by atoms with van der Waals surface area (Å²) in [6.07, 6.45) is 16.6. The fourth-order valence-electron chi connectivity index (χ4n) is 4.82. The summed E-state index contributed by atoms with van der Waals surface area (Å²) in [7, 11) is 0. The van der Waals surface area contributed by atoms with E-state index in [2.05, 4.69) is 24.0 Å². The van der Waals surface area contributed by atoms with Gasteiger partial charge in [0.15, 0.2) is 0 Å². The Balaban J connectivity index is 1.44. The van der Waals surface area contributed by atoms with Crippen LogP contribution in [0.1, 0.15) is 96.5 Å². The van der Waals surface area contributed by atoms with Crippen molar-refractivity contribution in [3.63, 3.8) is 0 Å². The van der Waals surface area contributed by atoms with Crippen LogP contribution in [-0.4, -0.2) is 16.8 Å². The van der Waals surface area contributed by atoms with Gasteiger partial charge in [0.1, 0.15) is 5.82 Å². The van der Waals surface area contributed by atoms with Crippen LogP contribution < -0.4 is 4.74 Å². The summed E-state index contributed by atoms with van der Waals surface area (Å²) in [4.78, 5) is 0. The highest BCUT2D eigenvalue weighted by molar-refractivity contribution is 5.60. The highest BCUT2D eigenvalue weighted by atomic mass is 19.1. The molecule has 1 aliphatic carbocycles. The standard InChI is InChI=1S/C28H41FN2O/c1-3-5-7-8-9-22-10-12-23(13-11-22)14-15-24-16-17-25(26(29)21-24)27-18-19-28(31-30-27)32-20-6-4-2/h16-19,21-23H,3-15,20H2,1-2H3. The minimum absolute atomic E-state index is 0.216. The Morgan fingerprint density at radius 1 is 0.844 bits per heavy atom. The van der Waals surface area contributed by atoms with Gasteiger partial charge in [0.25, 0.3) is 0 Å². The molecule has 1 fully saturated rings. The van der Waals surface area contributed by atoms with Gasteiger partial charge in [-0.05, 0) is 54.9 Å². The summed E-state index contributed by atoms with van der Waals surface area (Å²) in [6.45, 7) is 5.03. The molecule has 0 saturated heterocycles. The minimum atomic E-state index is -0.216. The molecule has 0 atom stereocenters. The van der Waals surface area contributed by atoms with Crippen LogP contribution in [0.25, 0.3) is 11.3 Å². The number of unbranched alkanes of at least 4 members (excludes halogenated alkanes) is 4. The highest BCUT2D eigenvalue weighted by Crippen LogP contribution is 2.34. The maximum atomic E-state index is 14.8. The van der Waals surface area contributed by atoms with Gasteiger partial charge in [-0.2, -0.15) is 0 Å². The third-order valence-corrected chi connectivity index (χ3v) is 6.97. The fraction of sp³-hybridized carbons (Fsp3) is 0.643. The topological polar surface area (TPSA) is 35.0 Å².